The third-order valence-corrected chi connectivity index (χ3v) is 7.42. The molecule has 4 aliphatic heterocycles. The van der Waals surface area contributed by atoms with E-state index < -0.39 is 0 Å². The van der Waals surface area contributed by atoms with Gasteiger partial charge < -0.3 is 25.0 Å². The van der Waals surface area contributed by atoms with Gasteiger partial charge in [-0.25, -0.2) is 12.1 Å². The molecule has 0 aromatic heterocycles. The first-order valence-electron chi connectivity index (χ1n) is 13.7. The van der Waals surface area contributed by atoms with Crippen LogP contribution in [-0.4, -0.2) is 79.0 Å². The SMILES string of the molecule is C1CN=C2[N-]CCCN2C1.CC(C)(c1ccc[cH-]1)N1CCCN2CCCN=C21.CC(C)=C1C=CC=C1.F.[3HH].[K+].[K+]. The van der Waals surface area contributed by atoms with Crippen LogP contribution in [0.3, 0.4) is 0 Å². The predicted octanol–water partition coefficient (Wildman–Crippen LogP) is 0.0888. The van der Waals surface area contributed by atoms with Crippen LogP contribution in [-0.2, 0) is 5.54 Å². The predicted molar refractivity (Wildman–Crippen MR) is 157 cm³/mol. The second kappa shape index (κ2) is 18.8. The molecule has 0 saturated carbocycles. The van der Waals surface area contributed by atoms with Gasteiger partial charge in [-0.2, -0.15) is 12.1 Å². The van der Waals surface area contributed by atoms with Gasteiger partial charge in [0.05, 0.1) is 0 Å². The third-order valence-electron chi connectivity index (χ3n) is 7.42. The van der Waals surface area contributed by atoms with E-state index in [1.807, 2.05) is 0 Å². The largest absolute Gasteiger partial charge is 1.00 e. The van der Waals surface area contributed by atoms with E-state index in [1.165, 1.54) is 74.5 Å². The normalized spacial score (nSPS) is 19.1. The van der Waals surface area contributed by atoms with Crippen molar-refractivity contribution in [1.29, 1.82) is 0 Å². The molecular formula is C30H47FK2N6. The van der Waals surface area contributed by atoms with Gasteiger partial charge in [0.1, 0.15) is 0 Å². The zero-order valence-electron chi connectivity index (χ0n) is 25.2. The first kappa shape index (κ1) is 37.3. The summed E-state index contributed by atoms with van der Waals surface area (Å²) < 4.78 is 0. The van der Waals surface area contributed by atoms with Gasteiger partial charge in [-0.05, 0) is 85.1 Å². The number of hydrogen-bond acceptors (Lipinski definition) is 5. The molecule has 5 aliphatic rings. The number of guanidine groups is 2. The Balaban J connectivity index is 0.000000595. The zero-order valence-corrected chi connectivity index (χ0v) is 31.4. The fourth-order valence-electron chi connectivity index (χ4n) is 5.25. The fraction of sp³-hybridized carbons (Fsp3) is 0.567. The third kappa shape index (κ3) is 10.5. The summed E-state index contributed by atoms with van der Waals surface area (Å²) in [6, 6.07) is 8.70. The number of aliphatic imine (C=N–C) groups is 2. The van der Waals surface area contributed by atoms with Crippen LogP contribution in [0.25, 0.3) is 5.32 Å². The van der Waals surface area contributed by atoms with Crippen molar-refractivity contribution < 1.29 is 109 Å². The van der Waals surface area contributed by atoms with Crippen molar-refractivity contribution in [3.05, 3.63) is 70.6 Å². The first-order valence-corrected chi connectivity index (χ1v) is 13.7. The quantitative estimate of drug-likeness (QED) is 0.363. The van der Waals surface area contributed by atoms with Crippen molar-refractivity contribution in [3.8, 4) is 0 Å². The zero-order chi connectivity index (χ0) is 25.4. The van der Waals surface area contributed by atoms with Gasteiger partial charge in [0, 0.05) is 39.1 Å². The molecule has 39 heavy (non-hydrogen) atoms. The molecule has 0 spiro atoms. The van der Waals surface area contributed by atoms with Gasteiger partial charge in [0.25, 0.3) is 0 Å². The van der Waals surface area contributed by atoms with Gasteiger partial charge in [-0.15, -0.1) is 5.56 Å². The van der Waals surface area contributed by atoms with E-state index in [-0.39, 0.29) is 114 Å². The Hall–Kier alpha value is 0.313. The molecule has 206 valence electrons. The van der Waals surface area contributed by atoms with E-state index in [1.54, 1.807) is 0 Å². The summed E-state index contributed by atoms with van der Waals surface area (Å²) in [7, 11) is 0. The summed E-state index contributed by atoms with van der Waals surface area (Å²) in [5.74, 6) is 2.23. The molecular weight excluding hydrogens is 542 g/mol. The molecule has 1 aromatic rings. The van der Waals surface area contributed by atoms with E-state index in [9.17, 15) is 0 Å². The van der Waals surface area contributed by atoms with Crippen molar-refractivity contribution in [1.82, 2.24) is 14.7 Å². The van der Waals surface area contributed by atoms with Gasteiger partial charge in [-0.3, -0.25) is 9.70 Å². The number of fused-ring (bicyclic) bond motifs is 2. The average Bonchev–Trinajstić information content (AvgIpc) is 3.65. The Kier molecular flexibility index (Phi) is 18.0. The summed E-state index contributed by atoms with van der Waals surface area (Å²) in [4.78, 5) is 16.3. The Morgan fingerprint density at radius 1 is 0.897 bits per heavy atom. The molecule has 6 nitrogen and oxygen atoms in total. The van der Waals surface area contributed by atoms with E-state index in [2.05, 4.69) is 101 Å². The van der Waals surface area contributed by atoms with Crippen molar-refractivity contribution in [2.75, 3.05) is 52.4 Å². The molecule has 0 bridgehead atoms. The van der Waals surface area contributed by atoms with E-state index in [4.69, 9.17) is 4.99 Å². The van der Waals surface area contributed by atoms with Gasteiger partial charge in [-0.1, -0.05) is 29.9 Å². The Labute approximate surface area is 322 Å². The van der Waals surface area contributed by atoms with Crippen LogP contribution >= 0.6 is 0 Å². The minimum Gasteiger partial charge on any atom is -0.426 e. The van der Waals surface area contributed by atoms with Gasteiger partial charge >= 0.3 is 103 Å². The van der Waals surface area contributed by atoms with E-state index in [0.717, 1.165) is 32.1 Å². The number of nitrogens with zero attached hydrogens (tertiary/aromatic N) is 6. The molecule has 1 aliphatic carbocycles. The molecule has 6 rings (SSSR count). The van der Waals surface area contributed by atoms with Crippen LogP contribution in [0.5, 0.6) is 0 Å². The maximum absolute atomic E-state index is 4.78. The van der Waals surface area contributed by atoms with Crippen LogP contribution in [0.4, 0.5) is 4.70 Å². The number of rotatable bonds is 2. The minimum absolute atomic E-state index is 0. The summed E-state index contributed by atoms with van der Waals surface area (Å²) in [6.45, 7) is 17.6. The minimum atomic E-state index is 0. The first-order chi connectivity index (χ1) is 17.5. The maximum Gasteiger partial charge on any atom is 1.00 e. The van der Waals surface area contributed by atoms with Crippen LogP contribution in [0.15, 0.2) is 69.7 Å². The van der Waals surface area contributed by atoms with Crippen molar-refractivity contribution in [3.63, 3.8) is 0 Å². The number of halogens is 1. The van der Waals surface area contributed by atoms with Gasteiger partial charge in [0.15, 0.2) is 5.96 Å². The summed E-state index contributed by atoms with van der Waals surface area (Å²) >= 11 is 0. The van der Waals surface area contributed by atoms with Crippen molar-refractivity contribution in [2.24, 2.45) is 9.98 Å². The topological polar surface area (TPSA) is 48.5 Å². The molecule has 0 unspecified atom stereocenters. The second-order valence-electron chi connectivity index (χ2n) is 10.7. The molecule has 4 heterocycles. The van der Waals surface area contributed by atoms with Crippen LogP contribution < -0.4 is 103 Å². The summed E-state index contributed by atoms with van der Waals surface area (Å²) in [5.41, 5.74) is 4.16. The number of hydrogen-bond donors (Lipinski definition) is 0. The molecule has 2 fully saturated rings. The smallest absolute Gasteiger partial charge is 0.426 e. The molecule has 0 atom stereocenters. The second-order valence-corrected chi connectivity index (χ2v) is 10.7. The molecule has 0 radical (unpaired) electrons. The molecule has 9 heteroatoms. The standard InChI is InChI=1S/C15H22N3.C8H10.C7H12N3.FH.2K.H2/c1-15(2,13-7-3-4-8-13)18-12-6-11-17-10-5-9-16-14(17)18;1-7(2)8-5-3-4-6-8;1-3-8-7-9-4-2-6-10(7)5-1;;;;/h3-4,7-8H,5-6,9-12H2,1-2H3;3-6H,1-2H3;1-6H2;1H;;;1H/q-1;;-1;;2*+1;/i;;;;;;1+2. The van der Waals surface area contributed by atoms with Crippen molar-refractivity contribution >= 4 is 11.9 Å². The average molecular weight is 591 g/mol. The summed E-state index contributed by atoms with van der Waals surface area (Å²) in [5, 5.41) is 4.33. The van der Waals surface area contributed by atoms with E-state index >= 15 is 0 Å². The number of allylic oxidation sites excluding steroid dienone is 6. The van der Waals surface area contributed by atoms with E-state index in [0.29, 0.717) is 0 Å². The Morgan fingerprint density at radius 2 is 1.54 bits per heavy atom. The Morgan fingerprint density at radius 3 is 2.15 bits per heavy atom. The Bertz CT molecular complexity index is 1000. The molecule has 1 aromatic carbocycles. The monoisotopic (exact) mass is 590 g/mol. The van der Waals surface area contributed by atoms with Crippen molar-refractivity contribution in [2.45, 2.75) is 58.9 Å². The molecule has 2 saturated heterocycles. The molecule has 0 N–H and O–H groups in total. The van der Waals surface area contributed by atoms with Crippen LogP contribution in [0.2, 0.25) is 0 Å². The van der Waals surface area contributed by atoms with Crippen LogP contribution in [0, 0.1) is 0 Å². The maximum atomic E-state index is 4.78. The van der Waals surface area contributed by atoms with Gasteiger partial charge in [0.2, 0.25) is 0 Å². The fourth-order valence-corrected chi connectivity index (χ4v) is 5.25. The molecule has 0 amide bonds. The van der Waals surface area contributed by atoms with Crippen LogP contribution in [0.1, 0.15) is 60.4 Å². The summed E-state index contributed by atoms with van der Waals surface area (Å²) in [6.07, 6.45) is 13.2.